The zero-order chi connectivity index (χ0) is 16.6. The van der Waals surface area contributed by atoms with Gasteiger partial charge in [0.15, 0.2) is 0 Å². The highest BCUT2D eigenvalue weighted by Gasteiger charge is 2.16. The summed E-state index contributed by atoms with van der Waals surface area (Å²) in [7, 11) is -3.76. The number of hydrogen-bond acceptors (Lipinski definition) is 6. The molecule has 0 saturated heterocycles. The first-order chi connectivity index (χ1) is 10.8. The van der Waals surface area contributed by atoms with E-state index in [9.17, 15) is 8.42 Å². The number of fused-ring (bicyclic) bond motifs is 1. The van der Waals surface area contributed by atoms with E-state index in [1.807, 2.05) is 0 Å². The summed E-state index contributed by atoms with van der Waals surface area (Å²) in [5.74, 6) is 0.171. The highest BCUT2D eigenvalue weighted by molar-refractivity contribution is 9.10. The number of nitrogens with two attached hydrogens (primary N) is 2. The van der Waals surface area contributed by atoms with E-state index in [2.05, 4.69) is 30.6 Å². The van der Waals surface area contributed by atoms with Gasteiger partial charge in [0.2, 0.25) is 5.95 Å². The summed E-state index contributed by atoms with van der Waals surface area (Å²) in [5, 5.41) is 0.427. The maximum atomic E-state index is 12.5. The molecule has 0 unspecified atom stereocenters. The molecule has 0 atom stereocenters. The van der Waals surface area contributed by atoms with Crippen LogP contribution in [-0.2, 0) is 10.0 Å². The number of hydrogen-bond donors (Lipinski definition) is 3. The predicted molar refractivity (Wildman–Crippen MR) is 93.3 cm³/mol. The lowest BCUT2D eigenvalue weighted by Crippen LogP contribution is -2.13. The number of benzene rings is 2. The third-order valence-electron chi connectivity index (χ3n) is 3.10. The molecule has 5 N–H and O–H groups in total. The van der Waals surface area contributed by atoms with Gasteiger partial charge in [-0.15, -0.1) is 0 Å². The first kappa shape index (κ1) is 15.5. The Balaban J connectivity index is 2.04. The zero-order valence-electron chi connectivity index (χ0n) is 11.7. The number of aromatic nitrogens is 2. The quantitative estimate of drug-likeness (QED) is 0.627. The molecule has 7 nitrogen and oxygen atoms in total. The number of nitrogen functional groups attached to an aromatic ring is 2. The molecule has 23 heavy (non-hydrogen) atoms. The third kappa shape index (κ3) is 3.20. The predicted octanol–water partition coefficient (Wildman–Crippen LogP) is 2.36. The first-order valence-electron chi connectivity index (χ1n) is 6.46. The van der Waals surface area contributed by atoms with Crippen LogP contribution in [0.5, 0.6) is 0 Å². The first-order valence-corrected chi connectivity index (χ1v) is 8.74. The molecule has 0 aliphatic rings. The van der Waals surface area contributed by atoms with Crippen LogP contribution < -0.4 is 16.2 Å². The fourth-order valence-corrected chi connectivity index (χ4v) is 3.56. The summed E-state index contributed by atoms with van der Waals surface area (Å²) in [5.41, 5.74) is 12.2. The van der Waals surface area contributed by atoms with Gasteiger partial charge in [-0.1, -0.05) is 22.0 Å². The number of nitrogens with one attached hydrogen (secondary N) is 1. The van der Waals surface area contributed by atoms with Crippen molar-refractivity contribution in [3.63, 3.8) is 0 Å². The van der Waals surface area contributed by atoms with E-state index in [0.717, 1.165) is 4.47 Å². The minimum Gasteiger partial charge on any atom is -0.383 e. The minimum absolute atomic E-state index is 0.0397. The van der Waals surface area contributed by atoms with E-state index >= 15 is 0 Å². The summed E-state index contributed by atoms with van der Waals surface area (Å²) < 4.78 is 28.3. The van der Waals surface area contributed by atoms with Crippen molar-refractivity contribution < 1.29 is 8.42 Å². The van der Waals surface area contributed by atoms with Crippen LogP contribution in [0, 0.1) is 0 Å². The Morgan fingerprint density at radius 3 is 2.57 bits per heavy atom. The lowest BCUT2D eigenvalue weighted by atomic mass is 10.2. The Labute approximate surface area is 140 Å². The van der Waals surface area contributed by atoms with Crippen molar-refractivity contribution in [2.24, 2.45) is 0 Å². The summed E-state index contributed by atoms with van der Waals surface area (Å²) in [6.07, 6.45) is 0. The highest BCUT2D eigenvalue weighted by Crippen LogP contribution is 2.25. The van der Waals surface area contributed by atoms with Gasteiger partial charge < -0.3 is 11.5 Å². The number of sulfonamides is 1. The van der Waals surface area contributed by atoms with Gasteiger partial charge in [0.1, 0.15) is 5.82 Å². The minimum atomic E-state index is -3.76. The molecule has 118 valence electrons. The topological polar surface area (TPSA) is 124 Å². The van der Waals surface area contributed by atoms with Crippen LogP contribution in [0.1, 0.15) is 0 Å². The molecule has 0 spiro atoms. The average Bonchev–Trinajstić information content (AvgIpc) is 2.46. The molecule has 0 radical (unpaired) electrons. The molecule has 0 amide bonds. The van der Waals surface area contributed by atoms with E-state index in [1.165, 1.54) is 12.1 Å². The Hall–Kier alpha value is -2.39. The number of nitrogens with zero attached hydrogens (tertiary/aromatic N) is 2. The van der Waals surface area contributed by atoms with Crippen molar-refractivity contribution in [2.45, 2.75) is 4.90 Å². The molecule has 9 heteroatoms. The van der Waals surface area contributed by atoms with Gasteiger partial charge in [-0.3, -0.25) is 4.72 Å². The Bertz CT molecular complexity index is 1010. The molecule has 1 aromatic heterocycles. The maximum Gasteiger partial charge on any atom is 0.261 e. The molecule has 0 saturated carbocycles. The van der Waals surface area contributed by atoms with Crippen LogP contribution in [0.2, 0.25) is 0 Å². The van der Waals surface area contributed by atoms with Crippen molar-refractivity contribution in [1.82, 2.24) is 9.97 Å². The molecule has 0 aliphatic carbocycles. The van der Waals surface area contributed by atoms with E-state index < -0.39 is 10.0 Å². The van der Waals surface area contributed by atoms with Crippen LogP contribution in [-0.4, -0.2) is 18.4 Å². The normalized spacial score (nSPS) is 11.5. The fourth-order valence-electron chi connectivity index (χ4n) is 2.08. The van der Waals surface area contributed by atoms with Gasteiger partial charge in [-0.2, -0.15) is 4.98 Å². The third-order valence-corrected chi connectivity index (χ3v) is 4.97. The van der Waals surface area contributed by atoms with Crippen molar-refractivity contribution >= 4 is 54.3 Å². The summed E-state index contributed by atoms with van der Waals surface area (Å²) in [6, 6.07) is 11.3. The van der Waals surface area contributed by atoms with E-state index in [0.29, 0.717) is 16.6 Å². The van der Waals surface area contributed by atoms with Crippen LogP contribution in [0.3, 0.4) is 0 Å². The van der Waals surface area contributed by atoms with Crippen molar-refractivity contribution in [3.05, 3.63) is 46.9 Å². The second-order valence-corrected chi connectivity index (χ2v) is 7.36. The van der Waals surface area contributed by atoms with E-state index in [-0.39, 0.29) is 16.7 Å². The highest BCUT2D eigenvalue weighted by atomic mass is 79.9. The van der Waals surface area contributed by atoms with Crippen LogP contribution in [0.25, 0.3) is 10.9 Å². The van der Waals surface area contributed by atoms with Gasteiger partial charge in [0.05, 0.1) is 10.4 Å². The summed E-state index contributed by atoms with van der Waals surface area (Å²) in [4.78, 5) is 7.92. The van der Waals surface area contributed by atoms with Crippen LogP contribution in [0.15, 0.2) is 51.8 Å². The molecular weight excluding hydrogens is 382 g/mol. The van der Waals surface area contributed by atoms with E-state index in [4.69, 9.17) is 11.5 Å². The van der Waals surface area contributed by atoms with Gasteiger partial charge in [-0.25, -0.2) is 13.4 Å². The monoisotopic (exact) mass is 393 g/mol. The fraction of sp³-hybridized carbons (Fsp3) is 0. The molecular formula is C14H12BrN5O2S. The zero-order valence-corrected chi connectivity index (χ0v) is 14.1. The molecule has 0 fully saturated rings. The number of halogens is 1. The van der Waals surface area contributed by atoms with Gasteiger partial charge in [0, 0.05) is 15.5 Å². The van der Waals surface area contributed by atoms with Gasteiger partial charge >= 0.3 is 0 Å². The summed E-state index contributed by atoms with van der Waals surface area (Å²) in [6.45, 7) is 0. The standard InChI is InChI=1S/C14H12BrN5O2S/c15-8-2-1-3-9(6-8)20-23(21,22)10-4-5-12-11(7-10)13(16)19-14(17)18-12/h1-7,20H,(H4,16,17,18,19). The maximum absolute atomic E-state index is 12.5. The van der Waals surface area contributed by atoms with E-state index in [1.54, 1.807) is 30.3 Å². The second-order valence-electron chi connectivity index (χ2n) is 4.76. The molecule has 3 rings (SSSR count). The SMILES string of the molecule is Nc1nc(N)c2cc(S(=O)(=O)Nc3cccc(Br)c3)ccc2n1. The average molecular weight is 394 g/mol. The molecule has 0 aliphatic heterocycles. The van der Waals surface area contributed by atoms with Crippen LogP contribution in [0.4, 0.5) is 17.5 Å². The van der Waals surface area contributed by atoms with Gasteiger partial charge in [0.25, 0.3) is 10.0 Å². The summed E-state index contributed by atoms with van der Waals surface area (Å²) >= 11 is 3.30. The number of rotatable bonds is 3. The van der Waals surface area contributed by atoms with Crippen molar-refractivity contribution in [2.75, 3.05) is 16.2 Å². The second kappa shape index (κ2) is 5.67. The molecule has 0 bridgehead atoms. The molecule has 1 heterocycles. The Morgan fingerprint density at radius 1 is 1.04 bits per heavy atom. The lowest BCUT2D eigenvalue weighted by molar-refractivity contribution is 0.601. The molecule has 2 aromatic carbocycles. The lowest BCUT2D eigenvalue weighted by Gasteiger charge is -2.10. The smallest absolute Gasteiger partial charge is 0.261 e. The number of anilines is 3. The largest absolute Gasteiger partial charge is 0.383 e. The van der Waals surface area contributed by atoms with Crippen LogP contribution >= 0.6 is 15.9 Å². The Morgan fingerprint density at radius 2 is 1.83 bits per heavy atom. The van der Waals surface area contributed by atoms with Crippen molar-refractivity contribution in [3.8, 4) is 0 Å². The molecule has 3 aromatic rings. The Kier molecular flexibility index (Phi) is 3.82. The van der Waals surface area contributed by atoms with Gasteiger partial charge in [-0.05, 0) is 36.4 Å². The van der Waals surface area contributed by atoms with Crippen molar-refractivity contribution in [1.29, 1.82) is 0 Å².